The molecule has 0 spiro atoms. The number of ether oxygens (including phenoxy) is 6. The van der Waals surface area contributed by atoms with E-state index in [1.165, 1.54) is 83.3 Å². The van der Waals surface area contributed by atoms with Crippen LogP contribution in [-0.4, -0.2) is 120 Å². The summed E-state index contributed by atoms with van der Waals surface area (Å²) in [6.07, 6.45) is 18.8. The molecule has 0 radical (unpaired) electrons. The van der Waals surface area contributed by atoms with Gasteiger partial charge in [-0.1, -0.05) is 138 Å². The van der Waals surface area contributed by atoms with Gasteiger partial charge < -0.3 is 69.5 Å². The first-order valence-electron chi connectivity index (χ1n) is 39.9. The maximum absolute atomic E-state index is 15.1. The molecule has 1 aliphatic heterocycles. The summed E-state index contributed by atoms with van der Waals surface area (Å²) in [6.45, 7) is 18.3. The van der Waals surface area contributed by atoms with Gasteiger partial charge in [0, 0.05) is 152 Å². The van der Waals surface area contributed by atoms with Crippen LogP contribution in [0, 0.1) is 17.5 Å². The van der Waals surface area contributed by atoms with E-state index in [0.717, 1.165) is 111 Å². The number of nitrogens with one attached hydrogen (secondary N) is 5. The molecule has 0 bridgehead atoms. The monoisotopic (exact) mass is 1860 g/mol. The second-order valence-corrected chi connectivity index (χ2v) is 46.1. The number of hydrogen-bond donors (Lipinski definition) is 6. The average Bonchev–Trinajstić information content (AvgIpc) is 1.65. The Kier molecular flexibility index (Phi) is 35.2. The molecule has 1 saturated heterocycles. The lowest BCUT2D eigenvalue weighted by atomic mass is 10.1. The Morgan fingerprint density at radius 3 is 1.28 bits per heavy atom. The number of isothiocyanates is 1. The summed E-state index contributed by atoms with van der Waals surface area (Å²) in [5.74, 6) is 1.57. The highest BCUT2D eigenvalue weighted by atomic mass is 32.1. The van der Waals surface area contributed by atoms with Crippen LogP contribution in [0.3, 0.4) is 0 Å². The molecule has 0 atom stereocenters. The maximum Gasteiger partial charge on any atom is 0.258 e. The van der Waals surface area contributed by atoms with Crippen LogP contribution in [0.4, 0.5) is 30.2 Å². The third kappa shape index (κ3) is 29.4. The molecule has 1 aliphatic rings. The Labute approximate surface area is 763 Å². The number of thiocarbonyl (C=S) groups is 3. The lowest BCUT2D eigenvalue weighted by Gasteiger charge is -2.15. The summed E-state index contributed by atoms with van der Waals surface area (Å²) < 4.78 is 85.0. The van der Waals surface area contributed by atoms with Crippen LogP contribution in [0.5, 0.6) is 34.5 Å². The molecule has 0 saturated carbocycles. The Hall–Kier alpha value is -12.2. The maximum atomic E-state index is 15.1. The number of benzene rings is 6. The average molecular weight is 1860 g/mol. The van der Waals surface area contributed by atoms with Crippen molar-refractivity contribution < 1.29 is 56.0 Å². The number of nitrogens with zero attached hydrogens (tertiary/aromatic N) is 9. The molecule has 15 aromatic rings. The van der Waals surface area contributed by atoms with Gasteiger partial charge in [0.2, 0.25) is 11.8 Å². The molecule has 10 heterocycles. The molecule has 6 aromatic carbocycles. The van der Waals surface area contributed by atoms with E-state index in [-0.39, 0.29) is 65.5 Å². The zero-order valence-corrected chi connectivity index (χ0v) is 76.5. The highest BCUT2D eigenvalue weighted by Gasteiger charge is 2.22. The van der Waals surface area contributed by atoms with Crippen LogP contribution in [0.2, 0.25) is 51.4 Å². The molecule has 16 rings (SSSR count). The predicted octanol–water partition coefficient (Wildman–Crippen LogP) is 22.4. The Morgan fingerprint density at radius 1 is 0.504 bits per heavy atom. The zero-order chi connectivity index (χ0) is 89.0. The van der Waals surface area contributed by atoms with Crippen molar-refractivity contribution in [3.63, 3.8) is 0 Å². The molecule has 7 N–H and O–H groups in total. The number of carbonyl (C=O) groups is 3. The third-order valence-corrected chi connectivity index (χ3v) is 25.6. The molecule has 0 aliphatic carbocycles. The van der Waals surface area contributed by atoms with Crippen LogP contribution in [-0.2, 0) is 61.3 Å². The number of nitrogens with two attached hydrogens (primary N) is 1. The minimum Gasteiger partial charge on any atom is -0.453 e. The normalized spacial score (nSPS) is 11.5. The molecule has 24 nitrogen and oxygen atoms in total. The van der Waals surface area contributed by atoms with Gasteiger partial charge in [-0.3, -0.25) is 29.3 Å². The van der Waals surface area contributed by atoms with E-state index in [1.54, 1.807) is 79.8 Å². The van der Waals surface area contributed by atoms with Gasteiger partial charge in [-0.15, -0.1) is 34.0 Å². The van der Waals surface area contributed by atoms with Gasteiger partial charge >= 0.3 is 0 Å². The van der Waals surface area contributed by atoms with Crippen molar-refractivity contribution in [2.24, 2.45) is 4.99 Å². The summed E-state index contributed by atoms with van der Waals surface area (Å²) in [4.78, 5) is 71.1. The fraction of sp³-hybridized carbons (Fsp3) is 0.217. The molecule has 1 fully saturated rings. The number of carbonyl (C=O) groups excluding carboxylic acids is 3. The SMILES string of the molecule is C.C1CCOC1.C[Si](C)(C)CCOCn1ccnc1-c1cc2nccc(Oc3ccc(N)cc3F)c2s1.C[Si](C)(C)CCOCn1ccnc1-c1cc2nccc(Oc3ccc(NC(=S)NC(=O)Cc4ccccc4)cc3F)c2s1.O=C(Cc1ccccc1)N=C=S.O=C(Cc1ccccc1)NC(=S)Nc1ccc(Oc2ccnc3cc(-c4ncc[nH]4)sc23)c(F)c1. The van der Waals surface area contributed by atoms with Gasteiger partial charge in [-0.2, -0.15) is 4.99 Å². The third-order valence-electron chi connectivity index (χ3n) is 18.3. The Balaban J connectivity index is 0.000000169. The number of aromatic amines is 1. The second-order valence-electron chi connectivity index (χ2n) is 30.7. The summed E-state index contributed by atoms with van der Waals surface area (Å²) in [5, 5.41) is 13.1. The molecular formula is C92H94F3N15O9S6Si2. The van der Waals surface area contributed by atoms with Crippen molar-refractivity contribution in [1.29, 1.82) is 0 Å². The van der Waals surface area contributed by atoms with E-state index in [0.29, 0.717) is 60.8 Å². The topological polar surface area (TPSA) is 296 Å². The van der Waals surface area contributed by atoms with Crippen molar-refractivity contribution in [1.82, 2.24) is 54.7 Å². The Bertz CT molecular complexity index is 6240. The quantitative estimate of drug-likeness (QED) is 0.00916. The van der Waals surface area contributed by atoms with E-state index in [1.807, 2.05) is 136 Å². The zero-order valence-electron chi connectivity index (χ0n) is 69.6. The lowest BCUT2D eigenvalue weighted by Crippen LogP contribution is -2.35. The van der Waals surface area contributed by atoms with Gasteiger partial charge in [-0.25, -0.2) is 28.1 Å². The summed E-state index contributed by atoms with van der Waals surface area (Å²) in [5.41, 5.74) is 11.6. The van der Waals surface area contributed by atoms with Crippen molar-refractivity contribution >= 4 is 168 Å². The van der Waals surface area contributed by atoms with E-state index in [4.69, 9.17) is 58.6 Å². The number of amides is 3. The fourth-order valence-electron chi connectivity index (χ4n) is 12.0. The standard InChI is InChI=1S/C31H32FN5O3S2Si.C25H18FN5O2S2.C22H25FN4O2SSi.C9H7NOS.C4H8O.CH4/c1-43(2,3)16-15-39-20-37-14-13-34-30(37)27-19-24-29(42-27)26(11-12-33-24)40-25-10-9-22(18-23(25)32)35-31(41)36-28(38)17-21-7-5-4-6-8-21;26-17-13-16(30-25(34)31-22(32)12-15-4-2-1-3-5-15)6-7-19(17)33-20-8-9-27-18-14-21(35-23(18)20)24-28-10-11-29-24;1-31(2,3)11-10-28-14-27-9-8-26-22(27)20-13-17-21(30-20)19(6-7-25-17)29-18-5-4-15(24)12-16(18)23;11-9(10-7-12)6-8-4-2-1-3-5-8;1-2-4-5-3-1;/h4-14,18-19H,15-17,20H2,1-3H3,(H2,35,36,38,41);1-11,13-14H,12H2,(H,28,29)(H2,30,31,32,34);4-9,12-13H,10-11,14,24H2,1-3H3;1-5H,6H2;1-4H2;1H4. The van der Waals surface area contributed by atoms with E-state index >= 15 is 4.39 Å². The van der Waals surface area contributed by atoms with Crippen molar-refractivity contribution in [3.8, 4) is 66.6 Å². The predicted molar refractivity (Wildman–Crippen MR) is 517 cm³/mol. The van der Waals surface area contributed by atoms with Crippen LogP contribution in [0.25, 0.3) is 62.8 Å². The van der Waals surface area contributed by atoms with E-state index in [2.05, 4.69) is 113 Å². The highest BCUT2D eigenvalue weighted by Crippen LogP contribution is 2.43. The number of pyridine rings is 3. The minimum absolute atomic E-state index is 0. The van der Waals surface area contributed by atoms with Gasteiger partial charge in [0.15, 0.2) is 56.6 Å². The number of fused-ring (bicyclic) bond motifs is 3. The molecule has 35 heteroatoms. The van der Waals surface area contributed by atoms with Crippen LogP contribution < -0.4 is 41.2 Å². The fourth-order valence-corrected chi connectivity index (χ4v) is 17.2. The summed E-state index contributed by atoms with van der Waals surface area (Å²) in [6, 6.07) is 54.3. The largest absolute Gasteiger partial charge is 0.453 e. The summed E-state index contributed by atoms with van der Waals surface area (Å²) >= 11 is 19.2. The number of imidazole rings is 3. The van der Waals surface area contributed by atoms with Crippen LogP contribution >= 0.6 is 70.7 Å². The molecule has 127 heavy (non-hydrogen) atoms. The number of hydrogen-bond acceptors (Lipinski definition) is 22. The molecule has 656 valence electrons. The number of H-pyrrole nitrogens is 1. The number of nitrogen functional groups attached to an aromatic ring is 1. The van der Waals surface area contributed by atoms with Gasteiger partial charge in [0.25, 0.3) is 5.91 Å². The van der Waals surface area contributed by atoms with Crippen molar-refractivity contribution in [2.75, 3.05) is 42.8 Å². The number of halogens is 3. The van der Waals surface area contributed by atoms with Crippen LogP contribution in [0.15, 0.2) is 243 Å². The van der Waals surface area contributed by atoms with Gasteiger partial charge in [0.1, 0.15) is 36.5 Å². The van der Waals surface area contributed by atoms with Crippen molar-refractivity contribution in [2.45, 2.75) is 104 Å². The first-order valence-corrected chi connectivity index (χ1v) is 50.9. The minimum atomic E-state index is -1.17. The molecule has 3 amide bonds. The number of aliphatic imine (C=N–C) groups is 1. The second kappa shape index (κ2) is 46.8. The number of rotatable bonds is 27. The number of aromatic nitrogens is 9. The van der Waals surface area contributed by atoms with E-state index < -0.39 is 33.6 Å². The highest BCUT2D eigenvalue weighted by molar-refractivity contribution is 7.80. The van der Waals surface area contributed by atoms with Crippen molar-refractivity contribution in [3.05, 3.63) is 272 Å². The van der Waals surface area contributed by atoms with E-state index in [9.17, 15) is 23.2 Å². The van der Waals surface area contributed by atoms with Crippen LogP contribution in [0.1, 0.15) is 37.0 Å². The van der Waals surface area contributed by atoms with Gasteiger partial charge in [0.05, 0.1) is 69.7 Å². The first kappa shape index (κ1) is 95.4. The molecular weight excluding hydrogens is 1760 g/mol. The number of thiophene rings is 3. The molecule has 0 unspecified atom stereocenters. The summed E-state index contributed by atoms with van der Waals surface area (Å²) in [7, 11) is -2.30. The molecule has 9 aromatic heterocycles. The first-order chi connectivity index (χ1) is 60.8. The Morgan fingerprint density at radius 2 is 0.906 bits per heavy atom. The number of anilines is 3. The lowest BCUT2D eigenvalue weighted by molar-refractivity contribution is -0.119. The van der Waals surface area contributed by atoms with Gasteiger partial charge in [-0.05, 0) is 133 Å². The smallest absolute Gasteiger partial charge is 0.258 e.